The van der Waals surface area contributed by atoms with E-state index in [1.807, 2.05) is 7.05 Å². The topological polar surface area (TPSA) is 43.3 Å². The molecular formula is C18H38IN5O. The maximum atomic E-state index is 5.42. The predicted molar refractivity (Wildman–Crippen MR) is 116 cm³/mol. The molecular weight excluding hydrogens is 429 g/mol. The van der Waals surface area contributed by atoms with Crippen LogP contribution in [0.5, 0.6) is 0 Å². The van der Waals surface area contributed by atoms with Crippen LogP contribution in [0.2, 0.25) is 0 Å². The fourth-order valence-corrected chi connectivity index (χ4v) is 3.55. The second kappa shape index (κ2) is 12.3. The van der Waals surface area contributed by atoms with E-state index in [-0.39, 0.29) is 24.0 Å². The minimum atomic E-state index is 0. The fraction of sp³-hybridized carbons (Fsp3) is 0.944. The first kappa shape index (κ1) is 22.9. The lowest BCUT2D eigenvalue weighted by Crippen LogP contribution is -2.53. The van der Waals surface area contributed by atoms with Gasteiger partial charge in [0.15, 0.2) is 5.96 Å². The van der Waals surface area contributed by atoms with Crippen LogP contribution in [0.3, 0.4) is 0 Å². The zero-order valence-electron chi connectivity index (χ0n) is 16.5. The number of piperazine rings is 1. The van der Waals surface area contributed by atoms with E-state index in [2.05, 4.69) is 45.8 Å². The molecule has 1 N–H and O–H groups in total. The number of nitrogens with one attached hydrogen (secondary N) is 1. The molecule has 0 amide bonds. The maximum absolute atomic E-state index is 5.42. The van der Waals surface area contributed by atoms with Gasteiger partial charge in [0, 0.05) is 66.0 Å². The summed E-state index contributed by atoms with van der Waals surface area (Å²) in [5.74, 6) is 2.42. The highest BCUT2D eigenvalue weighted by Crippen LogP contribution is 2.07. The lowest BCUT2D eigenvalue weighted by Gasteiger charge is -2.37. The van der Waals surface area contributed by atoms with E-state index >= 15 is 0 Å². The van der Waals surface area contributed by atoms with Gasteiger partial charge < -0.3 is 15.0 Å². The standard InChI is InChI=1S/C18H37N5O.HI/c1-16(2)14-21-5-7-23(8-6-21)18(19-4)20-13-17(3)15-22-9-11-24-12-10-22;/h16-17H,5-15H2,1-4H3,(H,19,20);1H. The summed E-state index contributed by atoms with van der Waals surface area (Å²) in [6, 6.07) is 0. The Labute approximate surface area is 171 Å². The monoisotopic (exact) mass is 467 g/mol. The van der Waals surface area contributed by atoms with E-state index in [1.54, 1.807) is 0 Å². The van der Waals surface area contributed by atoms with Crippen LogP contribution in [0.4, 0.5) is 0 Å². The van der Waals surface area contributed by atoms with Gasteiger partial charge in [-0.3, -0.25) is 14.8 Å². The van der Waals surface area contributed by atoms with Gasteiger partial charge in [0.25, 0.3) is 0 Å². The van der Waals surface area contributed by atoms with Crippen molar-refractivity contribution < 1.29 is 4.74 Å². The van der Waals surface area contributed by atoms with Gasteiger partial charge in [-0.15, -0.1) is 24.0 Å². The Kier molecular flexibility index (Phi) is 11.3. The molecule has 2 fully saturated rings. The molecule has 6 nitrogen and oxygen atoms in total. The average Bonchev–Trinajstić information content (AvgIpc) is 2.57. The number of guanidine groups is 1. The third-order valence-electron chi connectivity index (χ3n) is 4.79. The van der Waals surface area contributed by atoms with Crippen LogP contribution in [-0.4, -0.2) is 99.8 Å². The molecule has 148 valence electrons. The van der Waals surface area contributed by atoms with Crippen molar-refractivity contribution in [1.82, 2.24) is 20.0 Å². The summed E-state index contributed by atoms with van der Waals surface area (Å²) in [7, 11) is 1.90. The number of nitrogens with zero attached hydrogens (tertiary/aromatic N) is 4. The zero-order valence-corrected chi connectivity index (χ0v) is 18.9. The van der Waals surface area contributed by atoms with Gasteiger partial charge in [-0.05, 0) is 11.8 Å². The van der Waals surface area contributed by atoms with E-state index in [1.165, 1.54) is 6.54 Å². The first-order chi connectivity index (χ1) is 11.6. The number of rotatable bonds is 6. The lowest BCUT2D eigenvalue weighted by molar-refractivity contribution is 0.0320. The minimum Gasteiger partial charge on any atom is -0.379 e. The summed E-state index contributed by atoms with van der Waals surface area (Å²) in [6.45, 7) is 18.5. The minimum absolute atomic E-state index is 0. The van der Waals surface area contributed by atoms with Crippen LogP contribution in [0.1, 0.15) is 20.8 Å². The largest absolute Gasteiger partial charge is 0.379 e. The molecule has 0 saturated carbocycles. The molecule has 0 spiro atoms. The number of hydrogen-bond acceptors (Lipinski definition) is 4. The van der Waals surface area contributed by atoms with Crippen molar-refractivity contribution in [2.75, 3.05) is 79.2 Å². The first-order valence-electron chi connectivity index (χ1n) is 9.56. The van der Waals surface area contributed by atoms with E-state index in [9.17, 15) is 0 Å². The molecule has 0 aromatic carbocycles. The summed E-state index contributed by atoms with van der Waals surface area (Å²) < 4.78 is 5.42. The van der Waals surface area contributed by atoms with Crippen molar-refractivity contribution in [1.29, 1.82) is 0 Å². The van der Waals surface area contributed by atoms with Gasteiger partial charge >= 0.3 is 0 Å². The third-order valence-corrected chi connectivity index (χ3v) is 4.79. The Balaban J connectivity index is 0.00000312. The van der Waals surface area contributed by atoms with Gasteiger partial charge in [-0.2, -0.15) is 0 Å². The number of aliphatic imine (C=N–C) groups is 1. The fourth-order valence-electron chi connectivity index (χ4n) is 3.55. The van der Waals surface area contributed by atoms with Crippen molar-refractivity contribution in [2.24, 2.45) is 16.8 Å². The van der Waals surface area contributed by atoms with Crippen LogP contribution in [0.25, 0.3) is 0 Å². The van der Waals surface area contributed by atoms with Crippen molar-refractivity contribution in [3.05, 3.63) is 0 Å². The van der Waals surface area contributed by atoms with Crippen LogP contribution in [-0.2, 0) is 4.74 Å². The van der Waals surface area contributed by atoms with Gasteiger partial charge in [-0.25, -0.2) is 0 Å². The lowest BCUT2D eigenvalue weighted by atomic mass is 10.1. The van der Waals surface area contributed by atoms with Crippen LogP contribution >= 0.6 is 24.0 Å². The van der Waals surface area contributed by atoms with Crippen LogP contribution in [0.15, 0.2) is 4.99 Å². The van der Waals surface area contributed by atoms with Crippen molar-refractivity contribution in [2.45, 2.75) is 20.8 Å². The number of morpholine rings is 1. The molecule has 2 aliphatic rings. The van der Waals surface area contributed by atoms with Crippen molar-refractivity contribution in [3.8, 4) is 0 Å². The Morgan fingerprint density at radius 2 is 1.56 bits per heavy atom. The highest BCUT2D eigenvalue weighted by molar-refractivity contribution is 14.0. The summed E-state index contributed by atoms with van der Waals surface area (Å²) >= 11 is 0. The Morgan fingerprint density at radius 3 is 2.12 bits per heavy atom. The molecule has 2 saturated heterocycles. The third kappa shape index (κ3) is 8.41. The molecule has 0 aliphatic carbocycles. The molecule has 2 rings (SSSR count). The van der Waals surface area contributed by atoms with Gasteiger partial charge in [0.05, 0.1) is 13.2 Å². The molecule has 0 aromatic rings. The molecule has 25 heavy (non-hydrogen) atoms. The molecule has 1 atom stereocenters. The van der Waals surface area contributed by atoms with Crippen molar-refractivity contribution >= 4 is 29.9 Å². The molecule has 1 unspecified atom stereocenters. The van der Waals surface area contributed by atoms with Crippen LogP contribution < -0.4 is 5.32 Å². The molecule has 0 radical (unpaired) electrons. The summed E-state index contributed by atoms with van der Waals surface area (Å²) in [6.07, 6.45) is 0. The van der Waals surface area contributed by atoms with E-state index in [0.717, 1.165) is 77.4 Å². The predicted octanol–water partition coefficient (Wildman–Crippen LogP) is 1.42. The van der Waals surface area contributed by atoms with Crippen LogP contribution in [0, 0.1) is 11.8 Å². The first-order valence-corrected chi connectivity index (χ1v) is 9.56. The average molecular weight is 467 g/mol. The number of ether oxygens (including phenoxy) is 1. The Hall–Kier alpha value is -0.120. The SMILES string of the molecule is CN=C(NCC(C)CN1CCOCC1)N1CCN(CC(C)C)CC1.I. The second-order valence-electron chi connectivity index (χ2n) is 7.63. The quantitative estimate of drug-likeness (QED) is 0.364. The normalized spacial score (nSPS) is 22.0. The zero-order chi connectivity index (χ0) is 17.4. The molecule has 2 heterocycles. The summed E-state index contributed by atoms with van der Waals surface area (Å²) in [4.78, 5) is 12.0. The highest BCUT2D eigenvalue weighted by atomic mass is 127. The molecule has 0 bridgehead atoms. The molecule has 2 aliphatic heterocycles. The smallest absolute Gasteiger partial charge is 0.193 e. The number of halogens is 1. The van der Waals surface area contributed by atoms with Gasteiger partial charge in [-0.1, -0.05) is 20.8 Å². The highest BCUT2D eigenvalue weighted by Gasteiger charge is 2.20. The van der Waals surface area contributed by atoms with Crippen molar-refractivity contribution in [3.63, 3.8) is 0 Å². The summed E-state index contributed by atoms with van der Waals surface area (Å²) in [5.41, 5.74) is 0. The van der Waals surface area contributed by atoms with E-state index < -0.39 is 0 Å². The van der Waals surface area contributed by atoms with E-state index in [4.69, 9.17) is 4.74 Å². The van der Waals surface area contributed by atoms with Gasteiger partial charge in [0.2, 0.25) is 0 Å². The number of hydrogen-bond donors (Lipinski definition) is 1. The molecule has 7 heteroatoms. The Morgan fingerprint density at radius 1 is 0.960 bits per heavy atom. The van der Waals surface area contributed by atoms with E-state index in [0.29, 0.717) is 5.92 Å². The summed E-state index contributed by atoms with van der Waals surface area (Å²) in [5, 5.41) is 3.58. The maximum Gasteiger partial charge on any atom is 0.193 e. The van der Waals surface area contributed by atoms with Gasteiger partial charge in [0.1, 0.15) is 0 Å². The molecule has 0 aromatic heterocycles. The Bertz CT molecular complexity index is 380. The second-order valence-corrected chi connectivity index (χ2v) is 7.63.